The van der Waals surface area contributed by atoms with E-state index in [4.69, 9.17) is 0 Å². The average Bonchev–Trinajstić information content (AvgIpc) is 2.00. The fourth-order valence-electron chi connectivity index (χ4n) is 0.742. The van der Waals surface area contributed by atoms with Crippen molar-refractivity contribution in [3.63, 3.8) is 0 Å². The number of rotatable bonds is 5. The van der Waals surface area contributed by atoms with E-state index in [0.29, 0.717) is 0 Å². The molecule has 0 spiro atoms. The van der Waals surface area contributed by atoms with Gasteiger partial charge in [0.15, 0.2) is 0 Å². The van der Waals surface area contributed by atoms with Gasteiger partial charge < -0.3 is 5.32 Å². The van der Waals surface area contributed by atoms with Gasteiger partial charge in [0.2, 0.25) is 5.91 Å². The summed E-state index contributed by atoms with van der Waals surface area (Å²) in [5.41, 5.74) is 0. The van der Waals surface area contributed by atoms with Gasteiger partial charge in [-0.05, 0) is 25.8 Å². The smallest absolute Gasteiger partial charge is 0.243 e. The Morgan fingerprint density at radius 2 is 2.27 bits per heavy atom. The van der Waals surface area contributed by atoms with Gasteiger partial charge in [0, 0.05) is 6.04 Å². The van der Waals surface area contributed by atoms with Crippen molar-refractivity contribution in [3.8, 4) is 0 Å². The maximum absolute atomic E-state index is 10.7. The monoisotopic (exact) mass is 153 g/mol. The predicted octanol–water partition coefficient (Wildman–Crippen LogP) is 1.64. The molecule has 0 aromatic carbocycles. The molecule has 0 aromatic rings. The van der Waals surface area contributed by atoms with Gasteiger partial charge in [-0.2, -0.15) is 0 Å². The highest BCUT2D eigenvalue weighted by Crippen LogP contribution is 1.95. The lowest BCUT2D eigenvalue weighted by Gasteiger charge is -2.09. The van der Waals surface area contributed by atoms with Gasteiger partial charge in [0.25, 0.3) is 0 Å². The van der Waals surface area contributed by atoms with E-state index in [9.17, 15) is 4.79 Å². The van der Waals surface area contributed by atoms with Crippen LogP contribution in [0, 0.1) is 0 Å². The summed E-state index contributed by atoms with van der Waals surface area (Å²) in [4.78, 5) is 10.7. The van der Waals surface area contributed by atoms with Crippen molar-refractivity contribution in [1.29, 1.82) is 0 Å². The Labute approximate surface area is 68.0 Å². The van der Waals surface area contributed by atoms with Crippen LogP contribution in [-0.2, 0) is 4.79 Å². The van der Waals surface area contributed by atoms with Gasteiger partial charge in [-0.1, -0.05) is 12.7 Å². The normalized spacial score (nSPS) is 11.7. The third-order valence-electron chi connectivity index (χ3n) is 1.38. The van der Waals surface area contributed by atoms with Crippen LogP contribution in [0.4, 0.5) is 0 Å². The Morgan fingerprint density at radius 3 is 2.73 bits per heavy atom. The molecule has 0 saturated heterocycles. The summed E-state index contributed by atoms with van der Waals surface area (Å²) < 4.78 is 0. The van der Waals surface area contributed by atoms with Crippen LogP contribution in [0.2, 0.25) is 0 Å². The molecule has 0 fully saturated rings. The van der Waals surface area contributed by atoms with Crippen LogP contribution in [0.1, 0.15) is 19.8 Å². The second-order valence-corrected chi connectivity index (χ2v) is 2.48. The molecular weight excluding hydrogens is 138 g/mol. The molecule has 1 atom stereocenters. The van der Waals surface area contributed by atoms with Crippen LogP contribution in [0.3, 0.4) is 0 Å². The third-order valence-corrected chi connectivity index (χ3v) is 1.38. The Hall–Kier alpha value is -1.05. The maximum atomic E-state index is 10.7. The van der Waals surface area contributed by atoms with Crippen LogP contribution in [0.5, 0.6) is 0 Å². The Bertz CT molecular complexity index is 152. The lowest BCUT2D eigenvalue weighted by molar-refractivity contribution is -0.117. The van der Waals surface area contributed by atoms with Crippen LogP contribution in [-0.4, -0.2) is 11.9 Å². The molecule has 0 radical (unpaired) electrons. The summed E-state index contributed by atoms with van der Waals surface area (Å²) >= 11 is 0. The molecule has 1 amide bonds. The van der Waals surface area contributed by atoms with Crippen LogP contribution in [0.25, 0.3) is 0 Å². The number of allylic oxidation sites excluding steroid dienone is 1. The lowest BCUT2D eigenvalue weighted by Crippen LogP contribution is -2.30. The van der Waals surface area contributed by atoms with E-state index < -0.39 is 0 Å². The first-order valence-electron chi connectivity index (χ1n) is 3.74. The van der Waals surface area contributed by atoms with Crippen molar-refractivity contribution in [3.05, 3.63) is 25.3 Å². The highest BCUT2D eigenvalue weighted by atomic mass is 16.1. The van der Waals surface area contributed by atoms with Crippen molar-refractivity contribution >= 4 is 5.91 Å². The number of hydrogen-bond acceptors (Lipinski definition) is 1. The first kappa shape index (κ1) is 9.95. The van der Waals surface area contributed by atoms with Crippen molar-refractivity contribution in [2.75, 3.05) is 0 Å². The fourth-order valence-corrected chi connectivity index (χ4v) is 0.742. The third kappa shape index (κ3) is 5.40. The lowest BCUT2D eigenvalue weighted by atomic mass is 10.2. The molecule has 0 aliphatic rings. The molecule has 0 aliphatic heterocycles. The summed E-state index contributed by atoms with van der Waals surface area (Å²) in [5, 5.41) is 2.76. The van der Waals surface area contributed by atoms with Crippen LogP contribution in [0.15, 0.2) is 25.3 Å². The fraction of sp³-hybridized carbons (Fsp3) is 0.444. The molecule has 0 saturated carbocycles. The first-order chi connectivity index (χ1) is 5.20. The number of carbonyl (C=O) groups excluding carboxylic acids is 1. The Morgan fingerprint density at radius 1 is 1.64 bits per heavy atom. The molecule has 11 heavy (non-hydrogen) atoms. The van der Waals surface area contributed by atoms with Gasteiger partial charge in [0.05, 0.1) is 0 Å². The van der Waals surface area contributed by atoms with Gasteiger partial charge in [0.1, 0.15) is 0 Å². The second-order valence-electron chi connectivity index (χ2n) is 2.48. The standard InChI is InChI=1S/C9H15NO/c1-4-6-7-8(3)10-9(11)5-2/h4-5,8H,1-2,6-7H2,3H3,(H,10,11). The molecule has 1 N–H and O–H groups in total. The second kappa shape index (κ2) is 5.71. The topological polar surface area (TPSA) is 29.1 Å². The minimum atomic E-state index is -0.110. The van der Waals surface area contributed by atoms with Gasteiger partial charge in [-0.3, -0.25) is 4.79 Å². The van der Waals surface area contributed by atoms with Crippen LogP contribution >= 0.6 is 0 Å². The van der Waals surface area contributed by atoms with Gasteiger partial charge >= 0.3 is 0 Å². The molecule has 2 heteroatoms. The van der Waals surface area contributed by atoms with E-state index in [1.807, 2.05) is 13.0 Å². The zero-order chi connectivity index (χ0) is 8.69. The van der Waals surface area contributed by atoms with E-state index in [2.05, 4.69) is 18.5 Å². The van der Waals surface area contributed by atoms with Crippen LogP contribution < -0.4 is 5.32 Å². The molecular formula is C9H15NO. The number of nitrogens with one attached hydrogen (secondary N) is 1. The molecule has 0 bridgehead atoms. The zero-order valence-corrected chi connectivity index (χ0v) is 6.97. The Balaban J connectivity index is 3.50. The summed E-state index contributed by atoms with van der Waals surface area (Å²) in [6.45, 7) is 8.92. The van der Waals surface area contributed by atoms with Crippen molar-refractivity contribution in [1.82, 2.24) is 5.32 Å². The molecule has 0 aliphatic carbocycles. The summed E-state index contributed by atoms with van der Waals surface area (Å²) in [5.74, 6) is -0.110. The maximum Gasteiger partial charge on any atom is 0.243 e. The SMILES string of the molecule is C=CCCC(C)NC(=O)C=C. The molecule has 0 aromatic heterocycles. The van der Waals surface area contributed by atoms with E-state index in [1.165, 1.54) is 6.08 Å². The molecule has 1 unspecified atom stereocenters. The average molecular weight is 153 g/mol. The van der Waals surface area contributed by atoms with Gasteiger partial charge in [-0.25, -0.2) is 0 Å². The highest BCUT2D eigenvalue weighted by Gasteiger charge is 2.01. The summed E-state index contributed by atoms with van der Waals surface area (Å²) in [6.07, 6.45) is 4.99. The quantitative estimate of drug-likeness (QED) is 0.472. The number of hydrogen-bond donors (Lipinski definition) is 1. The molecule has 0 heterocycles. The predicted molar refractivity (Wildman–Crippen MR) is 47.2 cm³/mol. The minimum absolute atomic E-state index is 0.110. The highest BCUT2D eigenvalue weighted by molar-refractivity contribution is 5.87. The van der Waals surface area contributed by atoms with E-state index in [1.54, 1.807) is 0 Å². The van der Waals surface area contributed by atoms with E-state index >= 15 is 0 Å². The zero-order valence-electron chi connectivity index (χ0n) is 6.97. The largest absolute Gasteiger partial charge is 0.350 e. The molecule has 62 valence electrons. The number of carbonyl (C=O) groups is 1. The van der Waals surface area contributed by atoms with E-state index in [-0.39, 0.29) is 11.9 Å². The summed E-state index contributed by atoms with van der Waals surface area (Å²) in [6, 6.07) is 0.207. The molecule has 2 nitrogen and oxygen atoms in total. The minimum Gasteiger partial charge on any atom is -0.350 e. The van der Waals surface area contributed by atoms with E-state index in [0.717, 1.165) is 12.8 Å². The van der Waals surface area contributed by atoms with Crippen molar-refractivity contribution in [2.45, 2.75) is 25.8 Å². The number of amides is 1. The Kier molecular flexibility index (Phi) is 5.17. The first-order valence-corrected chi connectivity index (χ1v) is 3.74. The summed E-state index contributed by atoms with van der Waals surface area (Å²) in [7, 11) is 0. The van der Waals surface area contributed by atoms with Crippen molar-refractivity contribution in [2.24, 2.45) is 0 Å². The molecule has 0 rings (SSSR count). The van der Waals surface area contributed by atoms with Crippen molar-refractivity contribution < 1.29 is 4.79 Å². The van der Waals surface area contributed by atoms with Gasteiger partial charge in [-0.15, -0.1) is 6.58 Å².